The second-order valence-corrected chi connectivity index (χ2v) is 7.07. The van der Waals surface area contributed by atoms with Gasteiger partial charge in [-0.15, -0.1) is 0 Å². The number of para-hydroxylation sites is 1. The third kappa shape index (κ3) is 3.41. The van der Waals surface area contributed by atoms with Crippen molar-refractivity contribution in [3.8, 4) is 0 Å². The predicted molar refractivity (Wildman–Crippen MR) is 91.2 cm³/mol. The molecule has 4 heteroatoms. The van der Waals surface area contributed by atoms with E-state index in [4.69, 9.17) is 0 Å². The minimum atomic E-state index is -0.226. The molecule has 0 spiro atoms. The van der Waals surface area contributed by atoms with Crippen molar-refractivity contribution in [2.75, 3.05) is 11.4 Å². The van der Waals surface area contributed by atoms with E-state index in [1.54, 1.807) is 4.90 Å². The summed E-state index contributed by atoms with van der Waals surface area (Å²) < 4.78 is 0. The number of carbonyl (C=O) groups excluding carboxylic acids is 2. The van der Waals surface area contributed by atoms with Crippen LogP contribution in [0, 0.1) is 18.8 Å². The molecule has 2 amide bonds. The summed E-state index contributed by atoms with van der Waals surface area (Å²) in [5.41, 5.74) is 2.00. The van der Waals surface area contributed by atoms with Gasteiger partial charge in [0.15, 0.2) is 0 Å². The van der Waals surface area contributed by atoms with Gasteiger partial charge in [0.2, 0.25) is 11.8 Å². The maximum Gasteiger partial charge on any atom is 0.227 e. The molecule has 1 aliphatic heterocycles. The Morgan fingerprint density at radius 1 is 1.22 bits per heavy atom. The molecule has 1 saturated heterocycles. The molecular weight excluding hydrogens is 288 g/mol. The van der Waals surface area contributed by atoms with Crippen molar-refractivity contribution in [1.82, 2.24) is 5.32 Å². The van der Waals surface area contributed by atoms with Crippen molar-refractivity contribution in [3.05, 3.63) is 29.8 Å². The first-order valence-corrected chi connectivity index (χ1v) is 8.72. The zero-order chi connectivity index (χ0) is 16.4. The van der Waals surface area contributed by atoms with E-state index in [1.165, 1.54) is 19.3 Å². The Kier molecular flexibility index (Phi) is 4.69. The second-order valence-electron chi connectivity index (χ2n) is 7.07. The Morgan fingerprint density at radius 2 is 1.96 bits per heavy atom. The second kappa shape index (κ2) is 6.73. The number of carbonyl (C=O) groups is 2. The number of aryl methyl sites for hydroxylation is 1. The molecule has 0 aromatic heterocycles. The fourth-order valence-corrected chi connectivity index (χ4v) is 3.81. The van der Waals surface area contributed by atoms with Crippen molar-refractivity contribution >= 4 is 17.5 Å². The van der Waals surface area contributed by atoms with Crippen LogP contribution in [0.3, 0.4) is 0 Å². The molecule has 124 valence electrons. The summed E-state index contributed by atoms with van der Waals surface area (Å²) in [5, 5.41) is 3.20. The van der Waals surface area contributed by atoms with Crippen LogP contribution >= 0.6 is 0 Å². The summed E-state index contributed by atoms with van der Waals surface area (Å²) in [5.74, 6) is 0.415. The Balaban J connectivity index is 1.65. The van der Waals surface area contributed by atoms with Crippen molar-refractivity contribution in [1.29, 1.82) is 0 Å². The Morgan fingerprint density at radius 3 is 2.70 bits per heavy atom. The zero-order valence-corrected chi connectivity index (χ0v) is 14.0. The Labute approximate surface area is 138 Å². The largest absolute Gasteiger partial charge is 0.353 e. The minimum Gasteiger partial charge on any atom is -0.353 e. The average molecular weight is 314 g/mol. The summed E-state index contributed by atoms with van der Waals surface area (Å²) >= 11 is 0. The molecule has 2 aliphatic rings. The third-order valence-electron chi connectivity index (χ3n) is 5.34. The summed E-state index contributed by atoms with van der Waals surface area (Å²) in [6, 6.07) is 8.14. The first-order chi connectivity index (χ1) is 11.1. The van der Waals surface area contributed by atoms with Crippen LogP contribution in [-0.4, -0.2) is 24.4 Å². The van der Waals surface area contributed by atoms with Gasteiger partial charge in [-0.3, -0.25) is 9.59 Å². The standard InChI is InChI=1S/C19H26N2O2/c1-13-7-3-5-9-16(13)20-19(23)15-11-18(22)21(12-15)17-10-6-4-8-14(17)2/h4,6,8,10,13,15-16H,3,5,7,9,11-12H2,1-2H3,(H,20,23)/t13-,15+,16+/m0/s1. The maximum absolute atomic E-state index is 12.6. The normalized spacial score (nSPS) is 28.0. The van der Waals surface area contributed by atoms with E-state index >= 15 is 0 Å². The van der Waals surface area contributed by atoms with Gasteiger partial charge < -0.3 is 10.2 Å². The molecule has 0 bridgehead atoms. The fourth-order valence-electron chi connectivity index (χ4n) is 3.81. The maximum atomic E-state index is 12.6. The quantitative estimate of drug-likeness (QED) is 0.932. The van der Waals surface area contributed by atoms with Crippen LogP contribution in [0.2, 0.25) is 0 Å². The zero-order valence-electron chi connectivity index (χ0n) is 14.0. The van der Waals surface area contributed by atoms with Crippen molar-refractivity contribution in [2.45, 2.75) is 52.0 Å². The van der Waals surface area contributed by atoms with Crippen LogP contribution in [-0.2, 0) is 9.59 Å². The summed E-state index contributed by atoms with van der Waals surface area (Å²) in [6.45, 7) is 4.71. The molecule has 3 rings (SSSR count). The van der Waals surface area contributed by atoms with Gasteiger partial charge in [0.25, 0.3) is 0 Å². The van der Waals surface area contributed by atoms with E-state index in [9.17, 15) is 9.59 Å². The van der Waals surface area contributed by atoms with Crippen molar-refractivity contribution in [2.24, 2.45) is 11.8 Å². The van der Waals surface area contributed by atoms with Crippen molar-refractivity contribution < 1.29 is 9.59 Å². The van der Waals surface area contributed by atoms with Crippen molar-refractivity contribution in [3.63, 3.8) is 0 Å². The highest BCUT2D eigenvalue weighted by molar-refractivity contribution is 6.00. The van der Waals surface area contributed by atoms with Gasteiger partial charge in [-0.25, -0.2) is 0 Å². The number of anilines is 1. The number of amides is 2. The van der Waals surface area contributed by atoms with Crippen LogP contribution in [0.5, 0.6) is 0 Å². The predicted octanol–water partition coefficient (Wildman–Crippen LogP) is 3.04. The first kappa shape index (κ1) is 16.0. The molecule has 1 aliphatic carbocycles. The fraction of sp³-hybridized carbons (Fsp3) is 0.579. The highest BCUT2D eigenvalue weighted by Crippen LogP contribution is 2.29. The highest BCUT2D eigenvalue weighted by Gasteiger charge is 2.36. The first-order valence-electron chi connectivity index (χ1n) is 8.72. The van der Waals surface area contributed by atoms with Crippen LogP contribution < -0.4 is 10.2 Å². The lowest BCUT2D eigenvalue weighted by molar-refractivity contribution is -0.127. The van der Waals surface area contributed by atoms with Gasteiger partial charge in [-0.2, -0.15) is 0 Å². The molecule has 23 heavy (non-hydrogen) atoms. The highest BCUT2D eigenvalue weighted by atomic mass is 16.2. The third-order valence-corrected chi connectivity index (χ3v) is 5.34. The Hall–Kier alpha value is -1.84. The monoisotopic (exact) mass is 314 g/mol. The van der Waals surface area contributed by atoms with Crippen LogP contribution in [0.25, 0.3) is 0 Å². The molecule has 2 fully saturated rings. The van der Waals surface area contributed by atoms with Gasteiger partial charge in [0, 0.05) is 24.7 Å². The summed E-state index contributed by atoms with van der Waals surface area (Å²) in [6.07, 6.45) is 5.02. The number of hydrogen-bond donors (Lipinski definition) is 1. The molecule has 1 heterocycles. The molecule has 3 atom stereocenters. The number of benzene rings is 1. The van der Waals surface area contributed by atoms with E-state index in [2.05, 4.69) is 12.2 Å². The molecule has 4 nitrogen and oxygen atoms in total. The summed E-state index contributed by atoms with van der Waals surface area (Å²) in [7, 11) is 0. The van der Waals surface area contributed by atoms with Gasteiger partial charge in [-0.1, -0.05) is 38.0 Å². The van der Waals surface area contributed by atoms with Crippen LogP contribution in [0.1, 0.15) is 44.6 Å². The molecular formula is C19H26N2O2. The smallest absolute Gasteiger partial charge is 0.227 e. The summed E-state index contributed by atoms with van der Waals surface area (Å²) in [4.78, 5) is 26.7. The van der Waals surface area contributed by atoms with Gasteiger partial charge in [0.05, 0.1) is 5.92 Å². The number of nitrogens with zero attached hydrogens (tertiary/aromatic N) is 1. The SMILES string of the molecule is Cc1ccccc1N1C[C@H](C(=O)N[C@@H]2CCCC[C@@H]2C)CC1=O. The average Bonchev–Trinajstić information content (AvgIpc) is 2.92. The van der Waals surface area contributed by atoms with E-state index in [0.717, 1.165) is 17.7 Å². The van der Waals surface area contributed by atoms with E-state index in [1.807, 2.05) is 31.2 Å². The molecule has 1 aromatic rings. The molecule has 1 saturated carbocycles. The van der Waals surface area contributed by atoms with E-state index in [0.29, 0.717) is 18.9 Å². The molecule has 0 radical (unpaired) electrons. The number of hydrogen-bond acceptors (Lipinski definition) is 2. The van der Waals surface area contributed by atoms with Crippen LogP contribution in [0.4, 0.5) is 5.69 Å². The van der Waals surface area contributed by atoms with Gasteiger partial charge in [0.1, 0.15) is 0 Å². The lowest BCUT2D eigenvalue weighted by Gasteiger charge is -2.30. The number of nitrogens with one attached hydrogen (secondary N) is 1. The van der Waals surface area contributed by atoms with Gasteiger partial charge in [-0.05, 0) is 37.3 Å². The van der Waals surface area contributed by atoms with Gasteiger partial charge >= 0.3 is 0 Å². The minimum absolute atomic E-state index is 0.0492. The molecule has 1 N–H and O–H groups in total. The van der Waals surface area contributed by atoms with E-state index in [-0.39, 0.29) is 23.8 Å². The lowest BCUT2D eigenvalue weighted by Crippen LogP contribution is -2.44. The number of rotatable bonds is 3. The lowest BCUT2D eigenvalue weighted by atomic mass is 9.85. The van der Waals surface area contributed by atoms with E-state index < -0.39 is 0 Å². The topological polar surface area (TPSA) is 49.4 Å². The Bertz CT molecular complexity index is 599. The van der Waals surface area contributed by atoms with Crippen LogP contribution in [0.15, 0.2) is 24.3 Å². The molecule has 0 unspecified atom stereocenters. The molecule has 1 aromatic carbocycles.